The summed E-state index contributed by atoms with van der Waals surface area (Å²) in [5, 5.41) is 6.77. The van der Waals surface area contributed by atoms with Crippen molar-refractivity contribution in [2.24, 2.45) is 0 Å². The van der Waals surface area contributed by atoms with Gasteiger partial charge in [-0.1, -0.05) is 0 Å². The number of likely N-dealkylation sites (N-methyl/N-ethyl adjacent to an activating group) is 1. The first kappa shape index (κ1) is 8.92. The monoisotopic (exact) mass is 178 g/mol. The van der Waals surface area contributed by atoms with Crippen LogP contribution in [0, 0.1) is 0 Å². The van der Waals surface area contributed by atoms with E-state index in [1.165, 1.54) is 4.31 Å². The van der Waals surface area contributed by atoms with E-state index in [1.54, 1.807) is 0 Å². The smallest absolute Gasteiger partial charge is 0.293 e. The molecule has 0 spiro atoms. The lowest BCUT2D eigenvalue weighted by Gasteiger charge is -2.29. The van der Waals surface area contributed by atoms with Crippen LogP contribution in [-0.4, -0.2) is 50.8 Å². The summed E-state index contributed by atoms with van der Waals surface area (Å²) in [6, 6.07) is 0. The van der Waals surface area contributed by atoms with Crippen LogP contribution in [0.4, 0.5) is 0 Å². The van der Waals surface area contributed by atoms with Crippen LogP contribution in [0.3, 0.4) is 0 Å². The second kappa shape index (κ2) is 3.06. The molecule has 1 radical (unpaired) electrons. The van der Waals surface area contributed by atoms with Gasteiger partial charge in [0.15, 0.2) is 0 Å². The van der Waals surface area contributed by atoms with Crippen LogP contribution in [0.2, 0.25) is 0 Å². The molecule has 1 heterocycles. The predicted octanol–water partition coefficient (Wildman–Crippen LogP) is -1.24. The zero-order valence-electron chi connectivity index (χ0n) is 6.45. The highest BCUT2D eigenvalue weighted by Gasteiger charge is 2.22. The third-order valence-electron chi connectivity index (χ3n) is 1.80. The van der Waals surface area contributed by atoms with Crippen LogP contribution in [0.15, 0.2) is 0 Å². The van der Waals surface area contributed by atoms with Gasteiger partial charge in [-0.25, -0.2) is 0 Å². The molecule has 0 saturated carbocycles. The number of hydrogen-bond acceptors (Lipinski definition) is 3. The number of rotatable bonds is 1. The maximum atomic E-state index is 10.7. The number of nitrogens with zero attached hydrogens (tertiary/aromatic N) is 2. The van der Waals surface area contributed by atoms with E-state index in [-0.39, 0.29) is 0 Å². The first-order chi connectivity index (χ1) is 5.00. The highest BCUT2D eigenvalue weighted by Crippen LogP contribution is 2.02. The lowest BCUT2D eigenvalue weighted by molar-refractivity contribution is 0.222. The van der Waals surface area contributed by atoms with E-state index in [4.69, 9.17) is 5.14 Å². The van der Waals surface area contributed by atoms with Gasteiger partial charge in [-0.2, -0.15) is 12.7 Å². The second-order valence-corrected chi connectivity index (χ2v) is 4.17. The maximum Gasteiger partial charge on any atom is 0.293 e. The van der Waals surface area contributed by atoms with E-state index < -0.39 is 10.2 Å². The molecule has 1 aliphatic heterocycles. The minimum atomic E-state index is -3.69. The molecule has 11 heavy (non-hydrogen) atoms. The molecular weight excluding hydrogens is 166 g/mol. The summed E-state index contributed by atoms with van der Waals surface area (Å²) in [5.41, 5.74) is 0. The molecule has 1 aliphatic rings. The summed E-state index contributed by atoms with van der Waals surface area (Å²) >= 11 is 0. The van der Waals surface area contributed by atoms with Crippen LogP contribution >= 0.6 is 0 Å². The molecule has 0 amide bonds. The van der Waals surface area contributed by atoms with Crippen molar-refractivity contribution in [3.63, 3.8) is 0 Å². The Morgan fingerprint density at radius 3 is 2.00 bits per heavy atom. The van der Waals surface area contributed by atoms with Crippen LogP contribution in [0.1, 0.15) is 0 Å². The molecule has 0 aromatic rings. The Kier molecular flexibility index (Phi) is 2.48. The van der Waals surface area contributed by atoms with Gasteiger partial charge in [0.1, 0.15) is 0 Å². The van der Waals surface area contributed by atoms with Crippen molar-refractivity contribution < 1.29 is 8.42 Å². The SMILES string of the molecule is CN1CCN(S([NH])(=O)=O)CC1. The molecule has 1 saturated heterocycles. The van der Waals surface area contributed by atoms with E-state index in [0.29, 0.717) is 13.1 Å². The molecule has 1 rings (SSSR count). The van der Waals surface area contributed by atoms with Gasteiger partial charge in [0.25, 0.3) is 10.2 Å². The maximum absolute atomic E-state index is 10.7. The molecule has 1 N–H and O–H groups in total. The lowest BCUT2D eigenvalue weighted by Crippen LogP contribution is -2.47. The average molecular weight is 178 g/mol. The molecule has 65 valence electrons. The first-order valence-corrected chi connectivity index (χ1v) is 4.87. The predicted molar refractivity (Wildman–Crippen MR) is 41.1 cm³/mol. The summed E-state index contributed by atoms with van der Waals surface area (Å²) in [5.74, 6) is 0. The molecule has 0 aliphatic carbocycles. The number of nitrogens with one attached hydrogen (secondary N) is 1. The Labute approximate surface area is 66.9 Å². The molecule has 1 fully saturated rings. The molecule has 0 unspecified atom stereocenters. The number of piperazine rings is 1. The standard InChI is InChI=1S/C5H12N3O2S/c1-7-2-4-8(5-3-7)11(6,9)10/h6H,2-5H2,1H3. The Balaban J connectivity index is 2.53. The summed E-state index contributed by atoms with van der Waals surface area (Å²) in [6.07, 6.45) is 0. The molecule has 5 nitrogen and oxygen atoms in total. The van der Waals surface area contributed by atoms with Crippen LogP contribution in [-0.2, 0) is 10.2 Å². The molecule has 0 aromatic heterocycles. The lowest BCUT2D eigenvalue weighted by atomic mass is 10.4. The minimum absolute atomic E-state index is 0.447. The van der Waals surface area contributed by atoms with Gasteiger partial charge >= 0.3 is 0 Å². The fourth-order valence-corrected chi connectivity index (χ4v) is 1.67. The minimum Gasteiger partial charge on any atom is -0.304 e. The van der Waals surface area contributed by atoms with Crippen molar-refractivity contribution in [1.29, 1.82) is 0 Å². The van der Waals surface area contributed by atoms with Crippen molar-refractivity contribution in [3.05, 3.63) is 0 Å². The van der Waals surface area contributed by atoms with Gasteiger partial charge in [-0.15, -0.1) is 5.14 Å². The van der Waals surface area contributed by atoms with E-state index in [0.717, 1.165) is 13.1 Å². The fraction of sp³-hybridized carbons (Fsp3) is 1.00. The molecular formula is C5H12N3O2S. The topological polar surface area (TPSA) is 64.4 Å². The molecule has 0 atom stereocenters. The van der Waals surface area contributed by atoms with Crippen molar-refractivity contribution in [2.45, 2.75) is 0 Å². The zero-order chi connectivity index (χ0) is 8.48. The summed E-state index contributed by atoms with van der Waals surface area (Å²) in [4.78, 5) is 2.04. The van der Waals surface area contributed by atoms with Gasteiger partial charge in [0.05, 0.1) is 0 Å². The van der Waals surface area contributed by atoms with E-state index in [1.807, 2.05) is 11.9 Å². The molecule has 6 heteroatoms. The van der Waals surface area contributed by atoms with Crippen molar-refractivity contribution in [2.75, 3.05) is 33.2 Å². The Morgan fingerprint density at radius 1 is 1.18 bits per heavy atom. The van der Waals surface area contributed by atoms with Gasteiger partial charge in [0, 0.05) is 26.2 Å². The fourth-order valence-electron chi connectivity index (χ4n) is 1.03. The largest absolute Gasteiger partial charge is 0.304 e. The summed E-state index contributed by atoms with van der Waals surface area (Å²) in [7, 11) is -1.75. The normalized spacial score (nSPS) is 23.8. The summed E-state index contributed by atoms with van der Waals surface area (Å²) < 4.78 is 22.5. The third-order valence-corrected chi connectivity index (χ3v) is 2.85. The second-order valence-electron chi connectivity index (χ2n) is 2.71. The van der Waals surface area contributed by atoms with E-state index >= 15 is 0 Å². The molecule has 0 bridgehead atoms. The van der Waals surface area contributed by atoms with Crippen molar-refractivity contribution in [1.82, 2.24) is 14.3 Å². The van der Waals surface area contributed by atoms with Gasteiger partial charge < -0.3 is 4.90 Å². The third kappa shape index (κ3) is 2.41. The van der Waals surface area contributed by atoms with Crippen LogP contribution < -0.4 is 5.14 Å². The van der Waals surface area contributed by atoms with Crippen molar-refractivity contribution >= 4 is 10.2 Å². The summed E-state index contributed by atoms with van der Waals surface area (Å²) in [6.45, 7) is 2.33. The highest BCUT2D eigenvalue weighted by molar-refractivity contribution is 7.86. The highest BCUT2D eigenvalue weighted by atomic mass is 32.2. The molecule has 0 aromatic carbocycles. The Bertz CT molecular complexity index is 218. The van der Waals surface area contributed by atoms with Crippen molar-refractivity contribution in [3.8, 4) is 0 Å². The van der Waals surface area contributed by atoms with Crippen LogP contribution in [0.5, 0.6) is 0 Å². The Hall–Kier alpha value is -0.170. The van der Waals surface area contributed by atoms with Crippen LogP contribution in [0.25, 0.3) is 0 Å². The quantitative estimate of drug-likeness (QED) is 0.504. The van der Waals surface area contributed by atoms with Gasteiger partial charge in [0.2, 0.25) is 0 Å². The van der Waals surface area contributed by atoms with E-state index in [9.17, 15) is 8.42 Å². The zero-order valence-corrected chi connectivity index (χ0v) is 7.26. The van der Waals surface area contributed by atoms with Gasteiger partial charge in [-0.3, -0.25) is 0 Å². The van der Waals surface area contributed by atoms with E-state index in [2.05, 4.69) is 0 Å². The number of hydrogen-bond donors (Lipinski definition) is 0. The van der Waals surface area contributed by atoms with Gasteiger partial charge in [-0.05, 0) is 7.05 Å². The first-order valence-electron chi connectivity index (χ1n) is 3.43. The Morgan fingerprint density at radius 2 is 1.64 bits per heavy atom. The average Bonchev–Trinajstić information content (AvgIpc) is 1.86.